The lowest BCUT2D eigenvalue weighted by atomic mass is 9.89. The fraction of sp³-hybridized carbons (Fsp3) is 0.391. The smallest absolute Gasteiger partial charge is 0.320 e. The van der Waals surface area contributed by atoms with E-state index in [9.17, 15) is 23.1 Å². The molecular weight excluding hydrogens is 503 g/mol. The summed E-state index contributed by atoms with van der Waals surface area (Å²) in [6.07, 6.45) is -0.0219. The van der Waals surface area contributed by atoms with Gasteiger partial charge in [-0.3, -0.25) is 14.5 Å². The molecule has 0 radical (unpaired) electrons. The van der Waals surface area contributed by atoms with E-state index >= 15 is 0 Å². The van der Waals surface area contributed by atoms with Crippen molar-refractivity contribution >= 4 is 44.8 Å². The number of nitrogens with one attached hydrogen (secondary N) is 1. The molecule has 0 aromatic heterocycles. The third-order valence-corrected chi connectivity index (χ3v) is 9.44. The van der Waals surface area contributed by atoms with Crippen molar-refractivity contribution in [3.8, 4) is 0 Å². The number of aliphatic carboxylic acids is 1. The van der Waals surface area contributed by atoms with Gasteiger partial charge in [-0.1, -0.05) is 47.5 Å². The predicted octanol–water partition coefficient (Wildman–Crippen LogP) is 2.58. The summed E-state index contributed by atoms with van der Waals surface area (Å²) in [6, 6.07) is 11.2. The van der Waals surface area contributed by atoms with E-state index in [0.29, 0.717) is 5.02 Å². The molecule has 11 heteroatoms. The fourth-order valence-electron chi connectivity index (χ4n) is 4.71. The highest BCUT2D eigenvalue weighted by Crippen LogP contribution is 2.45. The molecule has 2 aromatic carbocycles. The molecule has 4 rings (SSSR count). The predicted molar refractivity (Wildman–Crippen MR) is 127 cm³/mol. The van der Waals surface area contributed by atoms with Crippen LogP contribution in [-0.2, 0) is 29.0 Å². The van der Waals surface area contributed by atoms with E-state index < -0.39 is 38.4 Å². The number of carboxylic acids is 1. The lowest BCUT2D eigenvalue weighted by Gasteiger charge is -2.45. The van der Waals surface area contributed by atoms with Gasteiger partial charge in [-0.25, -0.2) is 8.42 Å². The Bertz CT molecular complexity index is 1180. The van der Waals surface area contributed by atoms with Gasteiger partial charge in [0.2, 0.25) is 14.7 Å². The van der Waals surface area contributed by atoms with Gasteiger partial charge < -0.3 is 15.2 Å². The number of hydrogen-bond donors (Lipinski definition) is 2. The molecule has 2 saturated heterocycles. The summed E-state index contributed by atoms with van der Waals surface area (Å²) in [5.74, 6) is -2.54. The SMILES string of the molecule is O=C(O)[C@@H]1C[C@@H](C(=O)C(c2ccc(Cl)cc2)(N2CCOCC2)S(=O)(=O)c2ccccc2Cl)CN1. The molecule has 0 bridgehead atoms. The van der Waals surface area contributed by atoms with Crippen molar-refractivity contribution in [3.05, 3.63) is 64.1 Å². The van der Waals surface area contributed by atoms with E-state index in [1.54, 1.807) is 17.0 Å². The molecule has 1 unspecified atom stereocenters. The molecule has 2 fully saturated rings. The van der Waals surface area contributed by atoms with Crippen LogP contribution in [0, 0.1) is 5.92 Å². The normalized spacial score (nSPS) is 23.4. The van der Waals surface area contributed by atoms with Gasteiger partial charge in [0.15, 0.2) is 5.78 Å². The van der Waals surface area contributed by atoms with Gasteiger partial charge in [0.1, 0.15) is 6.04 Å². The number of nitrogens with zero attached hydrogens (tertiary/aromatic N) is 1. The van der Waals surface area contributed by atoms with Gasteiger partial charge in [-0.2, -0.15) is 0 Å². The Kier molecular flexibility index (Phi) is 7.33. The number of morpholine rings is 1. The first-order chi connectivity index (χ1) is 16.2. The van der Waals surface area contributed by atoms with Crippen molar-refractivity contribution in [2.75, 3.05) is 32.8 Å². The number of Topliss-reactive ketones (excluding diaryl/α,β-unsaturated/α-hetero) is 1. The van der Waals surface area contributed by atoms with E-state index in [1.807, 2.05) is 0 Å². The second-order valence-electron chi connectivity index (χ2n) is 8.28. The average Bonchev–Trinajstić information content (AvgIpc) is 3.32. The van der Waals surface area contributed by atoms with Gasteiger partial charge in [0, 0.05) is 30.6 Å². The Labute approximate surface area is 207 Å². The Morgan fingerprint density at radius 1 is 1.06 bits per heavy atom. The van der Waals surface area contributed by atoms with Crippen LogP contribution in [0.5, 0.6) is 0 Å². The molecule has 2 aromatic rings. The summed E-state index contributed by atoms with van der Waals surface area (Å²) in [5.41, 5.74) is 0.225. The van der Waals surface area contributed by atoms with E-state index in [0.717, 1.165) is 0 Å². The molecule has 2 aliphatic heterocycles. The number of ketones is 1. The second kappa shape index (κ2) is 9.93. The summed E-state index contributed by atoms with van der Waals surface area (Å²) < 4.78 is 34.5. The van der Waals surface area contributed by atoms with Crippen molar-refractivity contribution < 1.29 is 27.9 Å². The first-order valence-electron chi connectivity index (χ1n) is 10.8. The Balaban J connectivity index is 1.98. The van der Waals surface area contributed by atoms with Crippen LogP contribution in [0.4, 0.5) is 0 Å². The van der Waals surface area contributed by atoms with Crippen LogP contribution < -0.4 is 5.32 Å². The second-order valence-corrected chi connectivity index (χ2v) is 11.2. The van der Waals surface area contributed by atoms with E-state index in [4.69, 9.17) is 27.9 Å². The van der Waals surface area contributed by atoms with E-state index in [2.05, 4.69) is 5.32 Å². The van der Waals surface area contributed by atoms with E-state index in [-0.39, 0.29) is 54.8 Å². The van der Waals surface area contributed by atoms with Crippen LogP contribution in [0.1, 0.15) is 12.0 Å². The molecule has 2 N–H and O–H groups in total. The average molecular weight is 527 g/mol. The van der Waals surface area contributed by atoms with Crippen molar-refractivity contribution in [2.24, 2.45) is 5.92 Å². The maximum atomic E-state index is 14.5. The number of sulfone groups is 1. The van der Waals surface area contributed by atoms with E-state index in [1.165, 1.54) is 36.4 Å². The van der Waals surface area contributed by atoms with Crippen molar-refractivity contribution in [1.29, 1.82) is 0 Å². The van der Waals surface area contributed by atoms with Gasteiger partial charge in [0.25, 0.3) is 0 Å². The maximum absolute atomic E-state index is 14.5. The van der Waals surface area contributed by atoms with Gasteiger partial charge >= 0.3 is 5.97 Å². The third-order valence-electron chi connectivity index (χ3n) is 6.34. The summed E-state index contributed by atoms with van der Waals surface area (Å²) in [7, 11) is -4.46. The first kappa shape index (κ1) is 25.1. The minimum atomic E-state index is -4.46. The number of carbonyl (C=O) groups is 2. The van der Waals surface area contributed by atoms with Crippen LogP contribution in [0.2, 0.25) is 10.0 Å². The number of hydrogen-bond acceptors (Lipinski definition) is 7. The molecule has 0 amide bonds. The zero-order chi connectivity index (χ0) is 24.5. The number of halogens is 2. The zero-order valence-electron chi connectivity index (χ0n) is 18.1. The molecule has 8 nitrogen and oxygen atoms in total. The Morgan fingerprint density at radius 2 is 1.71 bits per heavy atom. The molecular formula is C23H24Cl2N2O6S. The topological polar surface area (TPSA) is 113 Å². The van der Waals surface area contributed by atoms with Crippen LogP contribution in [-0.4, -0.2) is 69.1 Å². The zero-order valence-corrected chi connectivity index (χ0v) is 20.4. The van der Waals surface area contributed by atoms with Gasteiger partial charge in [-0.05, 0) is 36.2 Å². The summed E-state index contributed by atoms with van der Waals surface area (Å²) >= 11 is 12.5. The third kappa shape index (κ3) is 4.25. The van der Waals surface area contributed by atoms with Crippen molar-refractivity contribution in [3.63, 3.8) is 0 Å². The fourth-order valence-corrected chi connectivity index (χ4v) is 7.58. The van der Waals surface area contributed by atoms with Crippen LogP contribution >= 0.6 is 23.2 Å². The molecule has 0 aliphatic carbocycles. The molecule has 2 aliphatic rings. The highest BCUT2D eigenvalue weighted by molar-refractivity contribution is 7.93. The molecule has 0 saturated carbocycles. The van der Waals surface area contributed by atoms with Crippen LogP contribution in [0.3, 0.4) is 0 Å². The largest absolute Gasteiger partial charge is 0.480 e. The van der Waals surface area contributed by atoms with Crippen LogP contribution in [0.15, 0.2) is 53.4 Å². The summed E-state index contributed by atoms with van der Waals surface area (Å²) in [5, 5.41) is 12.6. The number of ether oxygens (including phenoxy) is 1. The Hall–Kier alpha value is -2.01. The summed E-state index contributed by atoms with van der Waals surface area (Å²) in [6.45, 7) is 0.886. The molecule has 182 valence electrons. The van der Waals surface area contributed by atoms with Crippen molar-refractivity contribution in [2.45, 2.75) is 22.2 Å². The van der Waals surface area contributed by atoms with Crippen molar-refractivity contribution in [1.82, 2.24) is 10.2 Å². The quantitative estimate of drug-likeness (QED) is 0.565. The minimum Gasteiger partial charge on any atom is -0.480 e. The summed E-state index contributed by atoms with van der Waals surface area (Å²) in [4.78, 5) is 25.2. The first-order valence-corrected chi connectivity index (χ1v) is 13.0. The number of rotatable bonds is 7. The maximum Gasteiger partial charge on any atom is 0.320 e. The number of benzene rings is 2. The lowest BCUT2D eigenvalue weighted by molar-refractivity contribution is -0.139. The highest BCUT2D eigenvalue weighted by atomic mass is 35.5. The molecule has 34 heavy (non-hydrogen) atoms. The molecule has 0 spiro atoms. The van der Waals surface area contributed by atoms with Gasteiger partial charge in [0.05, 0.1) is 23.1 Å². The lowest BCUT2D eigenvalue weighted by Crippen LogP contribution is -2.61. The standard InChI is InChI=1S/C23H24Cl2N2O6S/c24-17-7-5-16(6-8-17)23(27-9-11-33-12-10-27,21(28)15-13-19(22(29)30)26-14-15)34(31,32)20-4-2-1-3-18(20)25/h1-8,15,19,26H,9-14H2,(H,29,30)/t15-,19+,23?/m1/s1. The number of carboxylic acid groups (broad SMARTS) is 1. The monoisotopic (exact) mass is 526 g/mol. The van der Waals surface area contributed by atoms with Gasteiger partial charge in [-0.15, -0.1) is 0 Å². The Morgan fingerprint density at radius 3 is 2.29 bits per heavy atom. The highest BCUT2D eigenvalue weighted by Gasteiger charge is 2.59. The molecule has 2 heterocycles. The molecule has 3 atom stereocenters. The minimum absolute atomic E-state index is 0.00476. The number of carbonyl (C=O) groups excluding carboxylic acids is 1. The van der Waals surface area contributed by atoms with Crippen LogP contribution in [0.25, 0.3) is 0 Å².